The Morgan fingerprint density at radius 1 is 1.43 bits per heavy atom. The van der Waals surface area contributed by atoms with Gasteiger partial charge in [0.25, 0.3) is 0 Å². The van der Waals surface area contributed by atoms with Crippen molar-refractivity contribution in [2.24, 2.45) is 0 Å². The normalized spacial score (nSPS) is 11.8. The first kappa shape index (κ1) is 17.0. The third kappa shape index (κ3) is 5.85. The van der Waals surface area contributed by atoms with E-state index in [0.717, 1.165) is 19.3 Å². The van der Waals surface area contributed by atoms with E-state index >= 15 is 0 Å². The maximum atomic E-state index is 12.2. The summed E-state index contributed by atoms with van der Waals surface area (Å²) in [6.45, 7) is 6.56. The molecular weight excluding hydrogens is 272 g/mol. The van der Waals surface area contributed by atoms with Gasteiger partial charge in [0, 0.05) is 18.7 Å². The minimum Gasteiger partial charge on any atom is -0.363 e. The van der Waals surface area contributed by atoms with Gasteiger partial charge >= 0.3 is 6.03 Å². The van der Waals surface area contributed by atoms with Gasteiger partial charge < -0.3 is 20.1 Å². The van der Waals surface area contributed by atoms with Crippen molar-refractivity contribution < 1.29 is 14.1 Å². The summed E-state index contributed by atoms with van der Waals surface area (Å²) in [7, 11) is 0. The van der Waals surface area contributed by atoms with Crippen molar-refractivity contribution in [1.82, 2.24) is 15.4 Å². The number of amides is 3. The zero-order valence-electron chi connectivity index (χ0n) is 12.9. The molecule has 0 radical (unpaired) electrons. The minimum atomic E-state index is -0.296. The van der Waals surface area contributed by atoms with Crippen molar-refractivity contribution in [3.8, 4) is 0 Å². The Morgan fingerprint density at radius 2 is 2.19 bits per heavy atom. The maximum Gasteiger partial charge on any atom is 0.318 e. The lowest BCUT2D eigenvalue weighted by Gasteiger charge is -2.28. The predicted octanol–water partition coefficient (Wildman–Crippen LogP) is 2.22. The van der Waals surface area contributed by atoms with Gasteiger partial charge in [-0.05, 0) is 19.8 Å². The molecule has 1 aromatic heterocycles. The molecule has 118 valence electrons. The van der Waals surface area contributed by atoms with Crippen molar-refractivity contribution in [3.63, 3.8) is 0 Å². The maximum absolute atomic E-state index is 12.2. The van der Waals surface area contributed by atoms with E-state index in [9.17, 15) is 9.59 Å². The van der Waals surface area contributed by atoms with Crippen molar-refractivity contribution in [3.05, 3.63) is 12.3 Å². The molecular formula is C14H24N4O3. The number of hydrogen-bond donors (Lipinski definition) is 2. The number of carbonyl (C=O) groups excluding carboxylic acids is 2. The molecule has 1 rings (SSSR count). The number of hydrogen-bond acceptors (Lipinski definition) is 4. The van der Waals surface area contributed by atoms with E-state index in [4.69, 9.17) is 0 Å². The van der Waals surface area contributed by atoms with Crippen molar-refractivity contribution >= 4 is 17.8 Å². The average molecular weight is 296 g/mol. The predicted molar refractivity (Wildman–Crippen MR) is 79.9 cm³/mol. The number of anilines is 1. The fourth-order valence-electron chi connectivity index (χ4n) is 1.74. The lowest BCUT2D eigenvalue weighted by atomic mass is 10.2. The van der Waals surface area contributed by atoms with Crippen LogP contribution in [-0.2, 0) is 4.79 Å². The molecule has 7 heteroatoms. The van der Waals surface area contributed by atoms with Gasteiger partial charge in [0.15, 0.2) is 5.82 Å². The highest BCUT2D eigenvalue weighted by molar-refractivity contribution is 5.93. The van der Waals surface area contributed by atoms with E-state index in [0.29, 0.717) is 12.4 Å². The second-order valence-electron chi connectivity index (χ2n) is 4.90. The fraction of sp³-hybridized carbons (Fsp3) is 0.643. The molecule has 1 heterocycles. The van der Waals surface area contributed by atoms with Crippen LogP contribution in [0.1, 0.15) is 40.0 Å². The lowest BCUT2D eigenvalue weighted by Crippen LogP contribution is -2.48. The second kappa shape index (κ2) is 8.99. The Kier molecular flexibility index (Phi) is 7.28. The number of urea groups is 1. The fourth-order valence-corrected chi connectivity index (χ4v) is 1.74. The van der Waals surface area contributed by atoms with Crippen LogP contribution >= 0.6 is 0 Å². The number of carbonyl (C=O) groups is 2. The molecule has 0 aliphatic rings. The smallest absolute Gasteiger partial charge is 0.318 e. The molecule has 0 saturated heterocycles. The second-order valence-corrected chi connectivity index (χ2v) is 4.90. The van der Waals surface area contributed by atoms with Gasteiger partial charge in [-0.1, -0.05) is 25.4 Å². The first-order valence-corrected chi connectivity index (χ1v) is 7.33. The van der Waals surface area contributed by atoms with E-state index in [1.807, 2.05) is 13.8 Å². The SMILES string of the molecule is CCCCNC(=O)N(CC(=O)Nc1ccon1)C(C)CC. The third-order valence-corrected chi connectivity index (χ3v) is 3.21. The Bertz CT molecular complexity index is 433. The summed E-state index contributed by atoms with van der Waals surface area (Å²) in [5.41, 5.74) is 0. The van der Waals surface area contributed by atoms with Crippen molar-refractivity contribution in [2.75, 3.05) is 18.4 Å². The van der Waals surface area contributed by atoms with Gasteiger partial charge in [-0.2, -0.15) is 0 Å². The van der Waals surface area contributed by atoms with E-state index in [1.165, 1.54) is 11.2 Å². The molecule has 3 amide bonds. The summed E-state index contributed by atoms with van der Waals surface area (Å²) in [6, 6.07) is 1.31. The summed E-state index contributed by atoms with van der Waals surface area (Å²) in [6.07, 6.45) is 4.08. The monoisotopic (exact) mass is 296 g/mol. The highest BCUT2D eigenvalue weighted by Crippen LogP contribution is 2.06. The van der Waals surface area contributed by atoms with Gasteiger partial charge in [-0.15, -0.1) is 0 Å². The van der Waals surface area contributed by atoms with Crippen LogP contribution in [0.3, 0.4) is 0 Å². The molecule has 0 saturated carbocycles. The molecule has 0 spiro atoms. The molecule has 21 heavy (non-hydrogen) atoms. The van der Waals surface area contributed by atoms with Crippen LogP contribution in [0, 0.1) is 0 Å². The molecule has 0 aliphatic carbocycles. The van der Waals surface area contributed by atoms with Crippen molar-refractivity contribution in [2.45, 2.75) is 46.1 Å². The van der Waals surface area contributed by atoms with Gasteiger partial charge in [0.1, 0.15) is 12.8 Å². The summed E-state index contributed by atoms with van der Waals surface area (Å²) >= 11 is 0. The van der Waals surface area contributed by atoms with Gasteiger partial charge in [0.05, 0.1) is 0 Å². The Hall–Kier alpha value is -2.05. The third-order valence-electron chi connectivity index (χ3n) is 3.21. The van der Waals surface area contributed by atoms with Crippen LogP contribution in [0.2, 0.25) is 0 Å². The van der Waals surface area contributed by atoms with E-state index in [2.05, 4.69) is 27.2 Å². The van der Waals surface area contributed by atoms with E-state index < -0.39 is 0 Å². The van der Waals surface area contributed by atoms with Crippen molar-refractivity contribution in [1.29, 1.82) is 0 Å². The first-order valence-electron chi connectivity index (χ1n) is 7.33. The van der Waals surface area contributed by atoms with Crippen LogP contribution in [0.25, 0.3) is 0 Å². The number of rotatable bonds is 8. The number of nitrogens with zero attached hydrogens (tertiary/aromatic N) is 2. The van der Waals surface area contributed by atoms with Gasteiger partial charge in [-0.25, -0.2) is 4.79 Å². The Balaban J connectivity index is 2.56. The molecule has 1 unspecified atom stereocenters. The van der Waals surface area contributed by atoms with E-state index in [-0.39, 0.29) is 24.5 Å². The molecule has 0 fully saturated rings. The highest BCUT2D eigenvalue weighted by atomic mass is 16.5. The largest absolute Gasteiger partial charge is 0.363 e. The van der Waals surface area contributed by atoms with Crippen LogP contribution in [0.4, 0.5) is 10.6 Å². The number of nitrogens with one attached hydrogen (secondary N) is 2. The Labute approximate surface area is 125 Å². The lowest BCUT2D eigenvalue weighted by molar-refractivity contribution is -0.117. The summed E-state index contributed by atoms with van der Waals surface area (Å²) in [5, 5.41) is 9.03. The summed E-state index contributed by atoms with van der Waals surface area (Å²) in [4.78, 5) is 25.7. The average Bonchev–Trinajstić information content (AvgIpc) is 2.96. The molecule has 7 nitrogen and oxygen atoms in total. The van der Waals surface area contributed by atoms with Crippen LogP contribution in [0.15, 0.2) is 16.9 Å². The van der Waals surface area contributed by atoms with Gasteiger partial charge in [-0.3, -0.25) is 4.79 Å². The molecule has 0 aliphatic heterocycles. The molecule has 2 N–H and O–H groups in total. The Morgan fingerprint density at radius 3 is 2.76 bits per heavy atom. The molecule has 1 aromatic rings. The number of aromatic nitrogens is 1. The minimum absolute atomic E-state index is 0.0141. The summed E-state index contributed by atoms with van der Waals surface area (Å²) < 4.78 is 4.64. The molecule has 0 bridgehead atoms. The topological polar surface area (TPSA) is 87.5 Å². The van der Waals surface area contributed by atoms with Gasteiger partial charge in [0.2, 0.25) is 5.91 Å². The highest BCUT2D eigenvalue weighted by Gasteiger charge is 2.21. The molecule has 0 aromatic carbocycles. The first-order chi connectivity index (χ1) is 10.1. The van der Waals surface area contributed by atoms with Crippen LogP contribution in [0.5, 0.6) is 0 Å². The van der Waals surface area contributed by atoms with Crippen LogP contribution in [-0.4, -0.2) is 41.1 Å². The standard InChI is InChI=1S/C14H24N4O3/c1-4-6-8-15-14(20)18(11(3)5-2)10-13(19)16-12-7-9-21-17-12/h7,9,11H,4-6,8,10H2,1-3H3,(H,15,20)(H,16,17,19). The van der Waals surface area contributed by atoms with Crippen LogP contribution < -0.4 is 10.6 Å². The zero-order valence-corrected chi connectivity index (χ0v) is 12.9. The quantitative estimate of drug-likeness (QED) is 0.720. The number of unbranched alkanes of at least 4 members (excludes halogenated alkanes) is 1. The van der Waals surface area contributed by atoms with E-state index in [1.54, 1.807) is 6.07 Å². The zero-order chi connectivity index (χ0) is 15.7. The summed E-state index contributed by atoms with van der Waals surface area (Å²) in [5.74, 6) is 0.0466. The molecule has 1 atom stereocenters.